The molecule has 1 N–H and O–H groups in total. The first-order valence-corrected chi connectivity index (χ1v) is 6.32. The Bertz CT molecular complexity index is 141. The van der Waals surface area contributed by atoms with Crippen molar-refractivity contribution in [3.63, 3.8) is 0 Å². The summed E-state index contributed by atoms with van der Waals surface area (Å²) in [6.45, 7) is 7.64. The van der Waals surface area contributed by atoms with Crippen molar-refractivity contribution < 1.29 is 5.11 Å². The van der Waals surface area contributed by atoms with E-state index in [2.05, 4.69) is 18.7 Å². The Balaban J connectivity index is 1.94. The number of hydrogen-bond acceptors (Lipinski definition) is 3. The molecule has 13 heavy (non-hydrogen) atoms. The summed E-state index contributed by atoms with van der Waals surface area (Å²) in [7, 11) is 0. The molecule has 0 amide bonds. The summed E-state index contributed by atoms with van der Waals surface area (Å²) in [5.41, 5.74) is 0. The fraction of sp³-hybridized carbons (Fsp3) is 1.00. The number of aliphatic hydroxyl groups excluding tert-OH is 1. The van der Waals surface area contributed by atoms with Gasteiger partial charge in [-0.3, -0.25) is 4.90 Å². The van der Waals surface area contributed by atoms with E-state index in [0.29, 0.717) is 0 Å². The zero-order valence-electron chi connectivity index (χ0n) is 8.70. The highest BCUT2D eigenvalue weighted by molar-refractivity contribution is 7.99. The van der Waals surface area contributed by atoms with Gasteiger partial charge >= 0.3 is 0 Å². The van der Waals surface area contributed by atoms with Crippen molar-refractivity contribution in [2.75, 3.05) is 31.1 Å². The van der Waals surface area contributed by atoms with Crippen molar-refractivity contribution in [1.29, 1.82) is 0 Å². The molecule has 0 aromatic rings. The molecule has 78 valence electrons. The predicted octanol–water partition coefficient (Wildman–Crippen LogP) is 1.44. The van der Waals surface area contributed by atoms with Crippen LogP contribution in [-0.2, 0) is 0 Å². The van der Waals surface area contributed by atoms with Gasteiger partial charge in [-0.25, -0.2) is 0 Å². The van der Waals surface area contributed by atoms with Gasteiger partial charge in [0.1, 0.15) is 0 Å². The summed E-state index contributed by atoms with van der Waals surface area (Å²) < 4.78 is 0. The van der Waals surface area contributed by atoms with Crippen LogP contribution in [0.2, 0.25) is 0 Å². The third-order valence-electron chi connectivity index (χ3n) is 2.25. The average Bonchev–Trinajstić information content (AvgIpc) is 2.45. The van der Waals surface area contributed by atoms with E-state index in [-0.39, 0.29) is 6.10 Å². The second-order valence-electron chi connectivity index (χ2n) is 4.21. The molecular weight excluding hydrogens is 182 g/mol. The van der Waals surface area contributed by atoms with E-state index in [0.717, 1.165) is 32.0 Å². The molecule has 1 rings (SSSR count). The summed E-state index contributed by atoms with van der Waals surface area (Å²) >= 11 is 2.03. The van der Waals surface area contributed by atoms with Crippen molar-refractivity contribution in [3.05, 3.63) is 0 Å². The summed E-state index contributed by atoms with van der Waals surface area (Å²) in [6, 6.07) is 0. The topological polar surface area (TPSA) is 23.5 Å². The van der Waals surface area contributed by atoms with Gasteiger partial charge in [0.15, 0.2) is 0 Å². The van der Waals surface area contributed by atoms with Gasteiger partial charge in [0.2, 0.25) is 0 Å². The molecule has 0 aromatic carbocycles. The zero-order valence-corrected chi connectivity index (χ0v) is 9.52. The molecule has 0 spiro atoms. The van der Waals surface area contributed by atoms with Crippen LogP contribution in [0.3, 0.4) is 0 Å². The maximum absolute atomic E-state index is 9.30. The van der Waals surface area contributed by atoms with Crippen LogP contribution in [0.5, 0.6) is 0 Å². The maximum atomic E-state index is 9.30. The Morgan fingerprint density at radius 2 is 2.31 bits per heavy atom. The smallest absolute Gasteiger partial charge is 0.0679 e. The van der Waals surface area contributed by atoms with Gasteiger partial charge in [-0.15, -0.1) is 0 Å². The highest BCUT2D eigenvalue weighted by Crippen LogP contribution is 2.11. The third kappa shape index (κ3) is 4.89. The molecule has 1 heterocycles. The molecule has 1 aliphatic rings. The zero-order chi connectivity index (χ0) is 9.68. The largest absolute Gasteiger partial charge is 0.392 e. The van der Waals surface area contributed by atoms with Crippen LogP contribution >= 0.6 is 11.8 Å². The summed E-state index contributed by atoms with van der Waals surface area (Å²) in [4.78, 5) is 2.36. The van der Waals surface area contributed by atoms with Crippen LogP contribution in [0.15, 0.2) is 0 Å². The molecule has 1 aliphatic heterocycles. The second kappa shape index (κ2) is 5.89. The Labute approximate surface area is 85.7 Å². The molecule has 0 saturated carbocycles. The highest BCUT2D eigenvalue weighted by atomic mass is 32.2. The first kappa shape index (κ1) is 11.3. The van der Waals surface area contributed by atoms with E-state index in [9.17, 15) is 5.11 Å². The highest BCUT2D eigenvalue weighted by Gasteiger charge is 2.18. The van der Waals surface area contributed by atoms with Crippen LogP contribution in [-0.4, -0.2) is 47.3 Å². The second-order valence-corrected chi connectivity index (χ2v) is 5.36. The van der Waals surface area contributed by atoms with E-state index >= 15 is 0 Å². The molecule has 1 atom stereocenters. The van der Waals surface area contributed by atoms with Gasteiger partial charge in [-0.05, 0) is 18.1 Å². The number of aliphatic hydroxyl groups is 1. The normalized spacial score (nSPS) is 24.5. The number of nitrogens with zero attached hydrogens (tertiary/aromatic N) is 1. The standard InChI is InChI=1S/C10H21NOS/c1-9(2)8-13-6-5-11-4-3-10(12)7-11/h9-10,12H,3-8H2,1-2H3/t10-/m1/s1. The van der Waals surface area contributed by atoms with Gasteiger partial charge in [0, 0.05) is 25.4 Å². The van der Waals surface area contributed by atoms with Crippen LogP contribution in [0, 0.1) is 5.92 Å². The monoisotopic (exact) mass is 203 g/mol. The number of likely N-dealkylation sites (tertiary alicyclic amines) is 1. The quantitative estimate of drug-likeness (QED) is 0.684. The maximum Gasteiger partial charge on any atom is 0.0679 e. The van der Waals surface area contributed by atoms with Gasteiger partial charge in [-0.1, -0.05) is 13.8 Å². The minimum atomic E-state index is -0.0601. The average molecular weight is 203 g/mol. The van der Waals surface area contributed by atoms with E-state index in [1.165, 1.54) is 11.5 Å². The fourth-order valence-electron chi connectivity index (χ4n) is 1.53. The van der Waals surface area contributed by atoms with E-state index in [1.807, 2.05) is 11.8 Å². The van der Waals surface area contributed by atoms with Crippen molar-refractivity contribution in [3.8, 4) is 0 Å². The Morgan fingerprint density at radius 1 is 1.54 bits per heavy atom. The molecule has 0 unspecified atom stereocenters. The number of β-amino-alcohol motifs (C(OH)–C–C–N with tert-alkyl or cyclic N) is 1. The molecule has 0 bridgehead atoms. The number of rotatable bonds is 5. The van der Waals surface area contributed by atoms with Crippen LogP contribution in [0.1, 0.15) is 20.3 Å². The SMILES string of the molecule is CC(C)CSCCN1CC[C@@H](O)C1. The molecule has 0 radical (unpaired) electrons. The van der Waals surface area contributed by atoms with Gasteiger partial charge in [-0.2, -0.15) is 11.8 Å². The molecule has 0 aromatic heterocycles. The number of hydrogen-bond donors (Lipinski definition) is 1. The van der Waals surface area contributed by atoms with E-state index in [4.69, 9.17) is 0 Å². The minimum Gasteiger partial charge on any atom is -0.392 e. The lowest BCUT2D eigenvalue weighted by Crippen LogP contribution is -2.24. The molecule has 3 heteroatoms. The minimum absolute atomic E-state index is 0.0601. The third-order valence-corrected chi connectivity index (χ3v) is 3.62. The van der Waals surface area contributed by atoms with E-state index in [1.54, 1.807) is 0 Å². The first-order valence-electron chi connectivity index (χ1n) is 5.16. The predicted molar refractivity (Wildman–Crippen MR) is 59.2 cm³/mol. The Kier molecular flexibility index (Phi) is 5.14. The lowest BCUT2D eigenvalue weighted by molar-refractivity contribution is 0.178. The Morgan fingerprint density at radius 3 is 2.85 bits per heavy atom. The molecular formula is C10H21NOS. The fourth-order valence-corrected chi connectivity index (χ4v) is 2.55. The van der Waals surface area contributed by atoms with Crippen molar-refractivity contribution >= 4 is 11.8 Å². The lowest BCUT2D eigenvalue weighted by Gasteiger charge is -2.14. The first-order chi connectivity index (χ1) is 6.18. The molecule has 1 saturated heterocycles. The van der Waals surface area contributed by atoms with Crippen LogP contribution in [0.25, 0.3) is 0 Å². The van der Waals surface area contributed by atoms with Gasteiger partial charge < -0.3 is 5.11 Å². The molecule has 2 nitrogen and oxygen atoms in total. The molecule has 0 aliphatic carbocycles. The van der Waals surface area contributed by atoms with Gasteiger partial charge in [0.05, 0.1) is 6.10 Å². The summed E-state index contributed by atoms with van der Waals surface area (Å²) in [5, 5.41) is 9.30. The van der Waals surface area contributed by atoms with Crippen LogP contribution in [0.4, 0.5) is 0 Å². The number of thioether (sulfide) groups is 1. The van der Waals surface area contributed by atoms with Crippen LogP contribution < -0.4 is 0 Å². The van der Waals surface area contributed by atoms with Crippen molar-refractivity contribution in [2.45, 2.75) is 26.4 Å². The lowest BCUT2D eigenvalue weighted by atomic mass is 10.3. The van der Waals surface area contributed by atoms with Crippen molar-refractivity contribution in [1.82, 2.24) is 4.90 Å². The molecule has 1 fully saturated rings. The van der Waals surface area contributed by atoms with Crippen molar-refractivity contribution in [2.24, 2.45) is 5.92 Å². The van der Waals surface area contributed by atoms with E-state index < -0.39 is 0 Å². The summed E-state index contributed by atoms with van der Waals surface area (Å²) in [6.07, 6.45) is 0.907. The van der Waals surface area contributed by atoms with Gasteiger partial charge in [0.25, 0.3) is 0 Å². The summed E-state index contributed by atoms with van der Waals surface area (Å²) in [5.74, 6) is 3.27. The Hall–Kier alpha value is 0.270.